The molecule has 1 aromatic carbocycles. The molecule has 0 bridgehead atoms. The number of rotatable bonds is 5. The van der Waals surface area contributed by atoms with Gasteiger partial charge in [-0.05, 0) is 12.1 Å². The molecule has 0 heterocycles. The van der Waals surface area contributed by atoms with Gasteiger partial charge < -0.3 is 10.2 Å². The molecule has 0 spiro atoms. The number of benzene rings is 1. The summed E-state index contributed by atoms with van der Waals surface area (Å²) in [5, 5.41) is 17.5. The summed E-state index contributed by atoms with van der Waals surface area (Å²) in [5.74, 6) is -4.02. The predicted molar refractivity (Wildman–Crippen MR) is 63.8 cm³/mol. The molecule has 0 unspecified atom stereocenters. The minimum absolute atomic E-state index is 0.249. The van der Waals surface area contributed by atoms with Crippen LogP contribution < -0.4 is 0 Å². The zero-order valence-corrected chi connectivity index (χ0v) is 9.85. The standard InChI is InChI=1S/C12H9ClO5/c13-8-3-1-2-7(4-8)10(15)5-9(14)6-11(16)12(17)18/h1-4,6,16H,5H2,(H,17,18). The van der Waals surface area contributed by atoms with Gasteiger partial charge in [-0.25, -0.2) is 4.79 Å². The first-order valence-electron chi connectivity index (χ1n) is 4.85. The largest absolute Gasteiger partial charge is 0.502 e. The van der Waals surface area contributed by atoms with Gasteiger partial charge in [-0.3, -0.25) is 9.59 Å². The lowest BCUT2D eigenvalue weighted by atomic mass is 10.1. The molecule has 18 heavy (non-hydrogen) atoms. The van der Waals surface area contributed by atoms with Crippen molar-refractivity contribution in [2.24, 2.45) is 0 Å². The Kier molecular flexibility index (Phi) is 4.62. The molecule has 0 aliphatic rings. The van der Waals surface area contributed by atoms with Crippen molar-refractivity contribution in [1.29, 1.82) is 0 Å². The van der Waals surface area contributed by atoms with E-state index in [0.29, 0.717) is 11.1 Å². The SMILES string of the molecule is O=C(C=C(O)C(=O)O)CC(=O)c1cccc(Cl)c1. The molecule has 0 fully saturated rings. The number of aliphatic hydroxyl groups is 1. The van der Waals surface area contributed by atoms with Gasteiger partial charge in [0.1, 0.15) is 0 Å². The molecule has 0 amide bonds. The molecule has 94 valence electrons. The van der Waals surface area contributed by atoms with Gasteiger partial charge in [0.15, 0.2) is 11.6 Å². The van der Waals surface area contributed by atoms with Crippen LogP contribution in [0.5, 0.6) is 0 Å². The van der Waals surface area contributed by atoms with Crippen LogP contribution in [-0.4, -0.2) is 27.7 Å². The quantitative estimate of drug-likeness (QED) is 0.369. The van der Waals surface area contributed by atoms with E-state index in [1.165, 1.54) is 12.1 Å². The fourth-order valence-electron chi connectivity index (χ4n) is 1.19. The van der Waals surface area contributed by atoms with Gasteiger partial charge in [0, 0.05) is 16.7 Å². The average Bonchev–Trinajstić information content (AvgIpc) is 2.28. The summed E-state index contributed by atoms with van der Waals surface area (Å²) < 4.78 is 0. The molecule has 0 atom stereocenters. The van der Waals surface area contributed by atoms with Crippen molar-refractivity contribution >= 4 is 29.1 Å². The van der Waals surface area contributed by atoms with Crippen LogP contribution in [0.25, 0.3) is 0 Å². The van der Waals surface area contributed by atoms with Crippen LogP contribution >= 0.6 is 11.6 Å². The molecule has 0 aliphatic heterocycles. The molecule has 0 aromatic heterocycles. The number of carbonyl (C=O) groups is 3. The fourth-order valence-corrected chi connectivity index (χ4v) is 1.38. The normalized spacial score (nSPS) is 11.1. The number of halogens is 1. The van der Waals surface area contributed by atoms with E-state index in [2.05, 4.69) is 0 Å². The monoisotopic (exact) mass is 268 g/mol. The Balaban J connectivity index is 2.74. The van der Waals surface area contributed by atoms with Gasteiger partial charge in [0.05, 0.1) is 6.42 Å². The summed E-state index contributed by atoms with van der Waals surface area (Å²) in [7, 11) is 0. The Bertz CT molecular complexity index is 533. The highest BCUT2D eigenvalue weighted by Gasteiger charge is 2.13. The highest BCUT2D eigenvalue weighted by atomic mass is 35.5. The molecule has 1 aromatic rings. The zero-order valence-electron chi connectivity index (χ0n) is 9.09. The number of carboxylic acid groups (broad SMARTS) is 1. The first-order valence-corrected chi connectivity index (χ1v) is 5.23. The third-order valence-electron chi connectivity index (χ3n) is 2.00. The van der Waals surface area contributed by atoms with E-state index in [0.717, 1.165) is 0 Å². The van der Waals surface area contributed by atoms with E-state index in [1.807, 2.05) is 0 Å². The number of ketones is 2. The summed E-state index contributed by atoms with van der Waals surface area (Å²) >= 11 is 5.68. The van der Waals surface area contributed by atoms with Crippen molar-refractivity contribution in [1.82, 2.24) is 0 Å². The molecule has 6 heteroatoms. The maximum Gasteiger partial charge on any atom is 0.371 e. The summed E-state index contributed by atoms with van der Waals surface area (Å²) in [6.45, 7) is 0. The van der Waals surface area contributed by atoms with Crippen LogP contribution in [0, 0.1) is 0 Å². The first-order chi connectivity index (χ1) is 8.40. The van der Waals surface area contributed by atoms with E-state index < -0.39 is 29.7 Å². The lowest BCUT2D eigenvalue weighted by Crippen LogP contribution is -2.09. The van der Waals surface area contributed by atoms with E-state index in [1.54, 1.807) is 12.1 Å². The Morgan fingerprint density at radius 3 is 2.44 bits per heavy atom. The van der Waals surface area contributed by atoms with Gasteiger partial charge in [0.2, 0.25) is 5.76 Å². The first kappa shape index (κ1) is 13.9. The molecule has 0 aliphatic carbocycles. The number of aliphatic carboxylic acids is 1. The van der Waals surface area contributed by atoms with Gasteiger partial charge >= 0.3 is 5.97 Å². The number of hydrogen-bond donors (Lipinski definition) is 2. The maximum atomic E-state index is 11.6. The van der Waals surface area contributed by atoms with Gasteiger partial charge in [-0.2, -0.15) is 0 Å². The van der Waals surface area contributed by atoms with Crippen LogP contribution in [0.4, 0.5) is 0 Å². The average molecular weight is 269 g/mol. The summed E-state index contributed by atoms with van der Waals surface area (Å²) in [6, 6.07) is 6.03. The molecule has 0 saturated carbocycles. The molecule has 0 radical (unpaired) electrons. The van der Waals surface area contributed by atoms with Crippen LogP contribution in [-0.2, 0) is 9.59 Å². The van der Waals surface area contributed by atoms with E-state index in [9.17, 15) is 14.4 Å². The number of carboxylic acids is 1. The molecular weight excluding hydrogens is 260 g/mol. The molecule has 1 rings (SSSR count). The lowest BCUT2D eigenvalue weighted by Gasteiger charge is -1.99. The van der Waals surface area contributed by atoms with E-state index in [4.69, 9.17) is 21.8 Å². The number of allylic oxidation sites excluding steroid dienone is 1. The Hall–Kier alpha value is -2.14. The molecular formula is C12H9ClO5. The van der Waals surface area contributed by atoms with Gasteiger partial charge in [-0.15, -0.1) is 0 Å². The van der Waals surface area contributed by atoms with Crippen LogP contribution in [0.15, 0.2) is 36.1 Å². The second-order valence-electron chi connectivity index (χ2n) is 3.41. The summed E-state index contributed by atoms with van der Waals surface area (Å²) in [4.78, 5) is 33.2. The second-order valence-corrected chi connectivity index (χ2v) is 3.85. The molecule has 2 N–H and O–H groups in total. The number of carbonyl (C=O) groups excluding carboxylic acids is 2. The number of Topliss-reactive ketones (excluding diaryl/α,β-unsaturated/α-hetero) is 1. The topological polar surface area (TPSA) is 91.7 Å². The van der Waals surface area contributed by atoms with E-state index >= 15 is 0 Å². The van der Waals surface area contributed by atoms with Crippen LogP contribution in [0.2, 0.25) is 5.02 Å². The predicted octanol–water partition coefficient (Wildman–Crippen LogP) is 2.01. The summed E-state index contributed by atoms with van der Waals surface area (Å²) in [5.41, 5.74) is 0.249. The highest BCUT2D eigenvalue weighted by molar-refractivity contribution is 6.31. The Morgan fingerprint density at radius 1 is 1.22 bits per heavy atom. The van der Waals surface area contributed by atoms with Crippen molar-refractivity contribution in [2.45, 2.75) is 6.42 Å². The number of hydrogen-bond acceptors (Lipinski definition) is 4. The van der Waals surface area contributed by atoms with Gasteiger partial charge in [-0.1, -0.05) is 23.7 Å². The third-order valence-corrected chi connectivity index (χ3v) is 2.23. The zero-order chi connectivity index (χ0) is 13.7. The van der Waals surface area contributed by atoms with E-state index in [-0.39, 0.29) is 5.56 Å². The Morgan fingerprint density at radius 2 is 1.89 bits per heavy atom. The second kappa shape index (κ2) is 5.97. The van der Waals surface area contributed by atoms with Crippen molar-refractivity contribution in [3.63, 3.8) is 0 Å². The minimum Gasteiger partial charge on any atom is -0.502 e. The van der Waals surface area contributed by atoms with Crippen molar-refractivity contribution < 1.29 is 24.6 Å². The Labute approximate surface area is 107 Å². The fraction of sp³-hybridized carbons (Fsp3) is 0.0833. The van der Waals surface area contributed by atoms with Crippen molar-refractivity contribution in [3.05, 3.63) is 46.7 Å². The molecule has 5 nitrogen and oxygen atoms in total. The minimum atomic E-state index is -1.63. The van der Waals surface area contributed by atoms with Gasteiger partial charge in [0.25, 0.3) is 0 Å². The third kappa shape index (κ3) is 4.03. The van der Waals surface area contributed by atoms with Crippen molar-refractivity contribution in [3.8, 4) is 0 Å². The maximum absolute atomic E-state index is 11.6. The highest BCUT2D eigenvalue weighted by Crippen LogP contribution is 2.12. The summed E-state index contributed by atoms with van der Waals surface area (Å²) in [6.07, 6.45) is -0.0253. The van der Waals surface area contributed by atoms with Crippen LogP contribution in [0.1, 0.15) is 16.8 Å². The van der Waals surface area contributed by atoms with Crippen molar-refractivity contribution in [2.75, 3.05) is 0 Å². The lowest BCUT2D eigenvalue weighted by molar-refractivity contribution is -0.135. The smallest absolute Gasteiger partial charge is 0.371 e. The molecule has 0 saturated heterocycles. The number of aliphatic hydroxyl groups excluding tert-OH is 1. The van der Waals surface area contributed by atoms with Crippen LogP contribution in [0.3, 0.4) is 0 Å².